The highest BCUT2D eigenvalue weighted by atomic mass is 35.5. The average Bonchev–Trinajstić information content (AvgIpc) is 3.16. The molecular formula is C20H16ClNO2S2. The van der Waals surface area contributed by atoms with Crippen molar-refractivity contribution in [1.29, 1.82) is 0 Å². The van der Waals surface area contributed by atoms with Gasteiger partial charge in [-0.1, -0.05) is 48.0 Å². The molecule has 132 valence electrons. The molecule has 1 aliphatic heterocycles. The molecule has 3 nitrogen and oxygen atoms in total. The van der Waals surface area contributed by atoms with Gasteiger partial charge in [-0.15, -0.1) is 23.5 Å². The summed E-state index contributed by atoms with van der Waals surface area (Å²) < 4.78 is 0.782. The molecule has 1 aliphatic rings. The van der Waals surface area contributed by atoms with Gasteiger partial charge in [-0.3, -0.25) is 9.59 Å². The van der Waals surface area contributed by atoms with Gasteiger partial charge in [-0.25, -0.2) is 0 Å². The Morgan fingerprint density at radius 3 is 2.27 bits per heavy atom. The van der Waals surface area contributed by atoms with E-state index in [1.54, 1.807) is 53.9 Å². The predicted molar refractivity (Wildman–Crippen MR) is 113 cm³/mol. The molecule has 0 bridgehead atoms. The van der Waals surface area contributed by atoms with Crippen LogP contribution in [0, 0.1) is 0 Å². The molecule has 0 aromatic heterocycles. The number of rotatable bonds is 5. The Balaban J connectivity index is 1.82. The smallest absolute Gasteiger partial charge is 0.261 e. The summed E-state index contributed by atoms with van der Waals surface area (Å²) in [5, 5.41) is 3.45. The van der Waals surface area contributed by atoms with Crippen molar-refractivity contribution in [2.24, 2.45) is 0 Å². The number of allylic oxidation sites excluding steroid dienone is 1. The van der Waals surface area contributed by atoms with Crippen LogP contribution in [0.2, 0.25) is 5.02 Å². The number of carbonyl (C=O) groups is 2. The van der Waals surface area contributed by atoms with Crippen LogP contribution in [0.3, 0.4) is 0 Å². The normalized spacial score (nSPS) is 13.8. The zero-order chi connectivity index (χ0) is 18.4. The van der Waals surface area contributed by atoms with Crippen LogP contribution in [0.25, 0.3) is 6.08 Å². The fourth-order valence-electron chi connectivity index (χ4n) is 2.30. The van der Waals surface area contributed by atoms with Crippen LogP contribution >= 0.6 is 35.1 Å². The van der Waals surface area contributed by atoms with E-state index in [0.717, 1.165) is 21.3 Å². The summed E-state index contributed by atoms with van der Waals surface area (Å²) in [6.07, 6.45) is 3.13. The Hall–Kier alpha value is -1.95. The van der Waals surface area contributed by atoms with E-state index in [2.05, 4.69) is 5.32 Å². The molecule has 1 N–H and O–H groups in total. The van der Waals surface area contributed by atoms with Crippen LogP contribution in [0.15, 0.2) is 70.5 Å². The Morgan fingerprint density at radius 1 is 0.962 bits per heavy atom. The Kier molecular flexibility index (Phi) is 6.61. The number of amides is 1. The Labute approximate surface area is 165 Å². The van der Waals surface area contributed by atoms with Crippen molar-refractivity contribution >= 4 is 58.6 Å². The highest BCUT2D eigenvalue weighted by Gasteiger charge is 2.25. The summed E-state index contributed by atoms with van der Waals surface area (Å²) in [6, 6.07) is 16.3. The molecule has 1 amide bonds. The average molecular weight is 402 g/mol. The third kappa shape index (κ3) is 5.04. The lowest BCUT2D eigenvalue weighted by molar-refractivity contribution is -0.117. The van der Waals surface area contributed by atoms with E-state index < -0.39 is 0 Å². The summed E-state index contributed by atoms with van der Waals surface area (Å²) >= 11 is 8.97. The van der Waals surface area contributed by atoms with Crippen LogP contribution in [-0.4, -0.2) is 23.2 Å². The first-order valence-corrected chi connectivity index (χ1v) is 10.3. The first-order chi connectivity index (χ1) is 12.6. The van der Waals surface area contributed by atoms with Crippen LogP contribution in [-0.2, 0) is 9.59 Å². The first kappa shape index (κ1) is 18.8. The number of halogens is 1. The zero-order valence-corrected chi connectivity index (χ0v) is 16.2. The number of ketones is 1. The maximum absolute atomic E-state index is 12.7. The zero-order valence-electron chi connectivity index (χ0n) is 13.8. The molecule has 0 radical (unpaired) electrons. The minimum absolute atomic E-state index is 0.201. The van der Waals surface area contributed by atoms with E-state index in [1.165, 1.54) is 6.08 Å². The SMILES string of the molecule is O=C(/C=C/c1ccc(Cl)cc1)C(C(=O)Nc1ccccc1)=C1SCCS1. The summed E-state index contributed by atoms with van der Waals surface area (Å²) in [6.45, 7) is 0. The van der Waals surface area contributed by atoms with Crippen molar-refractivity contribution in [2.75, 3.05) is 16.8 Å². The number of thioether (sulfide) groups is 2. The van der Waals surface area contributed by atoms with Crippen molar-refractivity contribution in [1.82, 2.24) is 0 Å². The second-order valence-electron chi connectivity index (χ2n) is 5.43. The van der Waals surface area contributed by atoms with Crippen molar-refractivity contribution < 1.29 is 9.59 Å². The molecule has 1 fully saturated rings. The molecule has 0 spiro atoms. The van der Waals surface area contributed by atoms with Gasteiger partial charge >= 0.3 is 0 Å². The van der Waals surface area contributed by atoms with E-state index in [1.807, 2.05) is 30.3 Å². The van der Waals surface area contributed by atoms with Gasteiger partial charge in [0.2, 0.25) is 0 Å². The summed E-state index contributed by atoms with van der Waals surface area (Å²) in [5.74, 6) is 1.12. The molecule has 2 aromatic carbocycles. The summed E-state index contributed by atoms with van der Waals surface area (Å²) in [7, 11) is 0. The molecule has 0 saturated carbocycles. The van der Waals surface area contributed by atoms with Crippen LogP contribution in [0.4, 0.5) is 5.69 Å². The third-order valence-corrected chi connectivity index (χ3v) is 6.52. The standard InChI is InChI=1S/C20H16ClNO2S2/c21-15-9-6-14(7-10-15)8-11-17(23)18(20-25-12-13-26-20)19(24)22-16-4-2-1-3-5-16/h1-11H,12-13H2,(H,22,24)/b11-8+. The third-order valence-electron chi connectivity index (χ3n) is 3.56. The van der Waals surface area contributed by atoms with Gasteiger partial charge in [0.05, 0.1) is 4.24 Å². The van der Waals surface area contributed by atoms with E-state index in [0.29, 0.717) is 10.7 Å². The van der Waals surface area contributed by atoms with E-state index in [4.69, 9.17) is 11.6 Å². The molecule has 0 aliphatic carbocycles. The lowest BCUT2D eigenvalue weighted by Crippen LogP contribution is -2.20. The fourth-order valence-corrected chi connectivity index (χ4v) is 4.98. The van der Waals surface area contributed by atoms with Gasteiger partial charge in [0.15, 0.2) is 5.78 Å². The minimum atomic E-state index is -0.376. The molecule has 1 heterocycles. The number of carbonyl (C=O) groups excluding carboxylic acids is 2. The van der Waals surface area contributed by atoms with Crippen LogP contribution < -0.4 is 5.32 Å². The molecule has 0 unspecified atom stereocenters. The highest BCUT2D eigenvalue weighted by Crippen LogP contribution is 2.39. The maximum Gasteiger partial charge on any atom is 0.261 e. The topological polar surface area (TPSA) is 46.2 Å². The number of para-hydroxylation sites is 1. The minimum Gasteiger partial charge on any atom is -0.322 e. The maximum atomic E-state index is 12.7. The lowest BCUT2D eigenvalue weighted by Gasteiger charge is -2.09. The first-order valence-electron chi connectivity index (χ1n) is 7.98. The number of benzene rings is 2. The van der Waals surface area contributed by atoms with Crippen molar-refractivity contribution in [2.45, 2.75) is 0 Å². The van der Waals surface area contributed by atoms with Gasteiger partial charge in [0.25, 0.3) is 5.91 Å². The van der Waals surface area contributed by atoms with E-state index in [-0.39, 0.29) is 17.3 Å². The monoisotopic (exact) mass is 401 g/mol. The Morgan fingerprint density at radius 2 is 1.62 bits per heavy atom. The van der Waals surface area contributed by atoms with E-state index >= 15 is 0 Å². The molecule has 26 heavy (non-hydrogen) atoms. The quantitative estimate of drug-likeness (QED) is 0.422. The van der Waals surface area contributed by atoms with E-state index in [9.17, 15) is 9.59 Å². The largest absolute Gasteiger partial charge is 0.322 e. The number of anilines is 1. The van der Waals surface area contributed by atoms with Crippen molar-refractivity contribution in [3.8, 4) is 0 Å². The summed E-state index contributed by atoms with van der Waals surface area (Å²) in [5.41, 5.74) is 1.71. The number of hydrogen-bond acceptors (Lipinski definition) is 4. The molecule has 1 saturated heterocycles. The van der Waals surface area contributed by atoms with Gasteiger partial charge in [-0.2, -0.15) is 0 Å². The molecule has 0 atom stereocenters. The molecule has 3 rings (SSSR count). The lowest BCUT2D eigenvalue weighted by atomic mass is 10.1. The molecule has 6 heteroatoms. The van der Waals surface area contributed by atoms with Crippen molar-refractivity contribution in [3.05, 3.63) is 81.1 Å². The second kappa shape index (κ2) is 9.12. The second-order valence-corrected chi connectivity index (χ2v) is 8.33. The van der Waals surface area contributed by atoms with Crippen LogP contribution in [0.5, 0.6) is 0 Å². The highest BCUT2D eigenvalue weighted by molar-refractivity contribution is 8.25. The summed E-state index contributed by atoms with van der Waals surface area (Å²) in [4.78, 5) is 25.5. The number of hydrogen-bond donors (Lipinski definition) is 1. The van der Waals surface area contributed by atoms with Gasteiger partial charge in [-0.05, 0) is 35.9 Å². The van der Waals surface area contributed by atoms with Crippen LogP contribution in [0.1, 0.15) is 5.56 Å². The number of nitrogens with one attached hydrogen (secondary N) is 1. The molecule has 2 aromatic rings. The predicted octanol–water partition coefficient (Wildman–Crippen LogP) is 5.25. The van der Waals surface area contributed by atoms with Gasteiger partial charge < -0.3 is 5.32 Å². The molecular weight excluding hydrogens is 386 g/mol. The van der Waals surface area contributed by atoms with Gasteiger partial charge in [0, 0.05) is 22.2 Å². The van der Waals surface area contributed by atoms with Crippen molar-refractivity contribution in [3.63, 3.8) is 0 Å². The van der Waals surface area contributed by atoms with Gasteiger partial charge in [0.1, 0.15) is 5.57 Å². The Bertz CT molecular complexity index is 853. The fraction of sp³-hybridized carbons (Fsp3) is 0.100.